The lowest BCUT2D eigenvalue weighted by Crippen LogP contribution is -2.28. The number of hydrogen-bond acceptors (Lipinski definition) is 3. The number of aliphatic hydroxyl groups excluding tert-OH is 1. The lowest BCUT2D eigenvalue weighted by Gasteiger charge is -2.18. The van der Waals surface area contributed by atoms with Gasteiger partial charge in [-0.1, -0.05) is 17.7 Å². The van der Waals surface area contributed by atoms with Crippen LogP contribution in [-0.2, 0) is 4.74 Å². The maximum Gasteiger partial charge on any atom is 0.0892 e. The predicted molar refractivity (Wildman–Crippen MR) is 69.3 cm³/mol. The highest BCUT2D eigenvalue weighted by atomic mass is 35.5. The van der Waals surface area contributed by atoms with Crippen molar-refractivity contribution >= 4 is 23.4 Å². The van der Waals surface area contributed by atoms with Gasteiger partial charge in [0.2, 0.25) is 0 Å². The van der Waals surface area contributed by atoms with Gasteiger partial charge in [-0.25, -0.2) is 0 Å². The number of ether oxygens (including phenoxy) is 1. The number of rotatable bonds is 6. The van der Waals surface area contributed by atoms with Crippen molar-refractivity contribution in [1.29, 1.82) is 0 Å². The molecule has 16 heavy (non-hydrogen) atoms. The molecule has 2 nitrogen and oxygen atoms in total. The molecule has 0 fully saturated rings. The summed E-state index contributed by atoms with van der Waals surface area (Å²) in [6.07, 6.45) is -0.583. The van der Waals surface area contributed by atoms with E-state index in [1.807, 2.05) is 38.1 Å². The van der Waals surface area contributed by atoms with Crippen LogP contribution >= 0.6 is 23.4 Å². The summed E-state index contributed by atoms with van der Waals surface area (Å²) in [5, 5.41) is 10.5. The predicted octanol–water partition coefficient (Wildman–Crippen LogP) is 3.22. The van der Waals surface area contributed by atoms with Crippen molar-refractivity contribution in [1.82, 2.24) is 0 Å². The molecule has 90 valence electrons. The summed E-state index contributed by atoms with van der Waals surface area (Å²) in [6.45, 7) is 4.43. The molecule has 2 unspecified atom stereocenters. The molecule has 1 aromatic carbocycles. The molecule has 0 heterocycles. The minimum Gasteiger partial charge on any atom is -0.390 e. The van der Waals surface area contributed by atoms with E-state index in [1.54, 1.807) is 11.8 Å². The van der Waals surface area contributed by atoms with Gasteiger partial charge in [0.1, 0.15) is 0 Å². The molecule has 0 aliphatic carbocycles. The summed E-state index contributed by atoms with van der Waals surface area (Å²) in [7, 11) is 0. The average Bonchev–Trinajstić information content (AvgIpc) is 2.26. The molecule has 0 aliphatic heterocycles. The van der Waals surface area contributed by atoms with E-state index in [0.717, 1.165) is 9.92 Å². The Balaban J connectivity index is 2.39. The molecule has 0 saturated heterocycles. The largest absolute Gasteiger partial charge is 0.390 e. The summed E-state index contributed by atoms with van der Waals surface area (Å²) < 4.78 is 5.33. The first kappa shape index (κ1) is 13.8. The molecule has 4 heteroatoms. The summed E-state index contributed by atoms with van der Waals surface area (Å²) in [4.78, 5) is 1.07. The van der Waals surface area contributed by atoms with Crippen molar-refractivity contribution in [3.8, 4) is 0 Å². The number of aliphatic hydroxyl groups is 1. The van der Waals surface area contributed by atoms with Gasteiger partial charge >= 0.3 is 0 Å². The molecule has 0 amide bonds. The zero-order chi connectivity index (χ0) is 12.0. The maximum atomic E-state index is 9.80. The van der Waals surface area contributed by atoms with E-state index >= 15 is 0 Å². The SMILES string of the molecule is CCOC(C)C(O)CSc1cccc(Cl)c1. The Labute approximate surface area is 106 Å². The third kappa shape index (κ3) is 4.74. The highest BCUT2D eigenvalue weighted by molar-refractivity contribution is 7.99. The van der Waals surface area contributed by atoms with E-state index in [1.165, 1.54) is 0 Å². The second kappa shape index (κ2) is 7.17. The topological polar surface area (TPSA) is 29.5 Å². The Hall–Kier alpha value is -0.220. The molecule has 0 aliphatic rings. The normalized spacial score (nSPS) is 14.8. The van der Waals surface area contributed by atoms with Crippen LogP contribution in [0.4, 0.5) is 0 Å². The maximum absolute atomic E-state index is 9.80. The Bertz CT molecular complexity index is 320. The Morgan fingerprint density at radius 3 is 2.88 bits per heavy atom. The lowest BCUT2D eigenvalue weighted by atomic mass is 10.2. The molecule has 0 radical (unpaired) electrons. The standard InChI is InChI=1S/C12H17ClO2S/c1-3-15-9(2)12(14)8-16-11-6-4-5-10(13)7-11/h4-7,9,12,14H,3,8H2,1-2H3. The van der Waals surface area contributed by atoms with Gasteiger partial charge in [-0.15, -0.1) is 11.8 Å². The average molecular weight is 261 g/mol. The van der Waals surface area contributed by atoms with Gasteiger partial charge in [0, 0.05) is 22.3 Å². The van der Waals surface area contributed by atoms with Gasteiger partial charge in [0.15, 0.2) is 0 Å². The first-order valence-corrected chi connectivity index (χ1v) is 6.68. The van der Waals surface area contributed by atoms with E-state index < -0.39 is 6.10 Å². The van der Waals surface area contributed by atoms with E-state index in [9.17, 15) is 5.11 Å². The van der Waals surface area contributed by atoms with Crippen LogP contribution in [0.25, 0.3) is 0 Å². The Morgan fingerprint density at radius 2 is 2.25 bits per heavy atom. The third-order valence-electron chi connectivity index (χ3n) is 2.19. The molecular weight excluding hydrogens is 244 g/mol. The monoisotopic (exact) mass is 260 g/mol. The fraction of sp³-hybridized carbons (Fsp3) is 0.500. The number of hydrogen-bond donors (Lipinski definition) is 1. The number of thioether (sulfide) groups is 1. The van der Waals surface area contributed by atoms with Crippen LogP contribution in [0.1, 0.15) is 13.8 Å². The molecule has 0 aromatic heterocycles. The fourth-order valence-electron chi connectivity index (χ4n) is 1.25. The van der Waals surface area contributed by atoms with Crippen molar-refractivity contribution in [3.63, 3.8) is 0 Å². The lowest BCUT2D eigenvalue weighted by molar-refractivity contribution is -0.0104. The van der Waals surface area contributed by atoms with E-state index in [0.29, 0.717) is 12.4 Å². The van der Waals surface area contributed by atoms with Crippen LogP contribution < -0.4 is 0 Å². The van der Waals surface area contributed by atoms with Crippen molar-refractivity contribution in [2.24, 2.45) is 0 Å². The minimum atomic E-state index is -0.455. The van der Waals surface area contributed by atoms with Gasteiger partial charge in [-0.2, -0.15) is 0 Å². The number of halogens is 1. The first-order chi connectivity index (χ1) is 7.63. The fourth-order valence-corrected chi connectivity index (χ4v) is 2.52. The van der Waals surface area contributed by atoms with Crippen LogP contribution in [0.15, 0.2) is 29.2 Å². The van der Waals surface area contributed by atoms with Gasteiger partial charge in [0.25, 0.3) is 0 Å². The molecule has 0 spiro atoms. The van der Waals surface area contributed by atoms with Crippen molar-refractivity contribution in [2.75, 3.05) is 12.4 Å². The first-order valence-electron chi connectivity index (χ1n) is 5.31. The zero-order valence-electron chi connectivity index (χ0n) is 9.52. The van der Waals surface area contributed by atoms with Gasteiger partial charge in [-0.05, 0) is 32.0 Å². The van der Waals surface area contributed by atoms with E-state index in [-0.39, 0.29) is 6.10 Å². The molecule has 1 N–H and O–H groups in total. The van der Waals surface area contributed by atoms with Gasteiger partial charge in [0.05, 0.1) is 12.2 Å². The van der Waals surface area contributed by atoms with Gasteiger partial charge < -0.3 is 9.84 Å². The van der Waals surface area contributed by atoms with Crippen LogP contribution in [0.2, 0.25) is 5.02 Å². The highest BCUT2D eigenvalue weighted by Crippen LogP contribution is 2.23. The molecular formula is C12H17ClO2S. The molecule has 0 saturated carbocycles. The molecule has 1 rings (SSSR count). The van der Waals surface area contributed by atoms with Crippen LogP contribution in [0, 0.1) is 0 Å². The summed E-state index contributed by atoms with van der Waals surface area (Å²) in [5.41, 5.74) is 0. The number of benzene rings is 1. The van der Waals surface area contributed by atoms with E-state index in [2.05, 4.69) is 0 Å². The molecule has 1 aromatic rings. The highest BCUT2D eigenvalue weighted by Gasteiger charge is 2.14. The van der Waals surface area contributed by atoms with Crippen LogP contribution in [0.5, 0.6) is 0 Å². The summed E-state index contributed by atoms with van der Waals surface area (Å²) in [5.74, 6) is 0.613. The smallest absolute Gasteiger partial charge is 0.0892 e. The third-order valence-corrected chi connectivity index (χ3v) is 3.52. The van der Waals surface area contributed by atoms with Crippen LogP contribution in [-0.4, -0.2) is 29.7 Å². The van der Waals surface area contributed by atoms with Crippen LogP contribution in [0.3, 0.4) is 0 Å². The zero-order valence-corrected chi connectivity index (χ0v) is 11.1. The van der Waals surface area contributed by atoms with Crippen molar-refractivity contribution < 1.29 is 9.84 Å². The second-order valence-corrected chi connectivity index (χ2v) is 5.03. The second-order valence-electron chi connectivity index (χ2n) is 3.50. The van der Waals surface area contributed by atoms with E-state index in [4.69, 9.17) is 16.3 Å². The summed E-state index contributed by atoms with van der Waals surface area (Å²) >= 11 is 7.45. The Kier molecular flexibility index (Phi) is 6.21. The summed E-state index contributed by atoms with van der Waals surface area (Å²) in [6, 6.07) is 7.62. The molecule has 2 atom stereocenters. The van der Waals surface area contributed by atoms with Gasteiger partial charge in [-0.3, -0.25) is 0 Å². The van der Waals surface area contributed by atoms with Crippen molar-refractivity contribution in [2.45, 2.75) is 31.0 Å². The van der Waals surface area contributed by atoms with Crippen molar-refractivity contribution in [3.05, 3.63) is 29.3 Å². The minimum absolute atomic E-state index is 0.128. The molecule has 0 bridgehead atoms. The Morgan fingerprint density at radius 1 is 1.50 bits per heavy atom. The quantitative estimate of drug-likeness (QED) is 0.797.